The minimum absolute atomic E-state index is 0.107. The van der Waals surface area contributed by atoms with E-state index in [-0.39, 0.29) is 17.9 Å². The van der Waals surface area contributed by atoms with Gasteiger partial charge in [0.25, 0.3) is 5.56 Å². The Hall–Kier alpha value is -1.03. The van der Waals surface area contributed by atoms with Gasteiger partial charge in [0, 0.05) is 11.8 Å². The monoisotopic (exact) mass is 499 g/mol. The van der Waals surface area contributed by atoms with Gasteiger partial charge in [-0.25, -0.2) is 24.4 Å². The van der Waals surface area contributed by atoms with Gasteiger partial charge in [0.05, 0.1) is 12.7 Å². The number of phosphoric acid groups is 3. The van der Waals surface area contributed by atoms with Crippen LogP contribution in [0.25, 0.3) is 0 Å². The average Bonchev–Trinajstić information content (AvgIpc) is 2.95. The second kappa shape index (κ2) is 10.5. The molecule has 30 heavy (non-hydrogen) atoms. The van der Waals surface area contributed by atoms with Crippen LogP contribution in [0.4, 0.5) is 0 Å². The number of aromatic nitrogens is 2. The van der Waals surface area contributed by atoms with Crippen LogP contribution in [0.5, 0.6) is 0 Å². The second-order valence-corrected chi connectivity index (χ2v) is 9.92. The van der Waals surface area contributed by atoms with Crippen molar-refractivity contribution in [2.75, 3.05) is 6.61 Å². The number of aromatic amines is 1. The summed E-state index contributed by atoms with van der Waals surface area (Å²) in [5.74, 6) is 4.97. The number of hydrogen-bond acceptors (Lipinski definition) is 10. The summed E-state index contributed by atoms with van der Waals surface area (Å²) in [6.07, 6.45) is 2.51. The Morgan fingerprint density at radius 1 is 1.13 bits per heavy atom. The predicted molar refractivity (Wildman–Crippen MR) is 95.4 cm³/mol. The molecule has 1 fully saturated rings. The molecule has 0 spiro atoms. The number of aryl methyl sites for hydroxylation is 1. The first-order valence-electron chi connectivity index (χ1n) is 7.69. The Kier molecular flexibility index (Phi) is 9.47. The van der Waals surface area contributed by atoms with Crippen LogP contribution in [0.1, 0.15) is 24.6 Å². The molecule has 0 aliphatic carbocycles. The van der Waals surface area contributed by atoms with E-state index in [1.54, 1.807) is 6.92 Å². The fraction of sp³-hybridized carbons (Fsp3) is 0.600. The fourth-order valence-electron chi connectivity index (χ4n) is 2.21. The lowest BCUT2D eigenvalue weighted by Crippen LogP contribution is -2.33. The molecule has 174 valence electrons. The van der Waals surface area contributed by atoms with Crippen molar-refractivity contribution >= 4 is 23.5 Å². The van der Waals surface area contributed by atoms with E-state index < -0.39 is 29.2 Å². The average molecular weight is 499 g/mol. The Bertz CT molecular complexity index is 950. The number of nitrogens with one attached hydrogen (secondary N) is 1. The molecule has 2 atom stereocenters. The van der Waals surface area contributed by atoms with E-state index >= 15 is 0 Å². The quantitative estimate of drug-likeness (QED) is 0.170. The van der Waals surface area contributed by atoms with Crippen molar-refractivity contribution in [2.24, 2.45) is 5.90 Å². The highest BCUT2D eigenvalue weighted by Gasteiger charge is 2.38. The Morgan fingerprint density at radius 3 is 2.13 bits per heavy atom. The van der Waals surface area contributed by atoms with E-state index in [0.29, 0.717) is 18.6 Å². The Balaban J connectivity index is 0.000000314. The van der Waals surface area contributed by atoms with Crippen LogP contribution >= 0.6 is 23.5 Å². The van der Waals surface area contributed by atoms with Crippen LogP contribution in [0.2, 0.25) is 0 Å². The van der Waals surface area contributed by atoms with Gasteiger partial charge in [-0.05, 0) is 19.8 Å². The maximum atomic E-state index is 11.6. The van der Waals surface area contributed by atoms with Crippen molar-refractivity contribution < 1.29 is 56.4 Å². The van der Waals surface area contributed by atoms with Gasteiger partial charge in [-0.15, -0.1) is 0 Å². The van der Waals surface area contributed by atoms with Gasteiger partial charge in [-0.3, -0.25) is 14.3 Å². The van der Waals surface area contributed by atoms with E-state index in [0.717, 1.165) is 6.42 Å². The molecule has 1 aromatic heterocycles. The minimum atomic E-state index is -5.46. The van der Waals surface area contributed by atoms with Crippen LogP contribution < -0.4 is 17.1 Å². The lowest BCUT2D eigenvalue weighted by molar-refractivity contribution is -0.0435. The van der Waals surface area contributed by atoms with E-state index in [1.165, 1.54) is 10.8 Å². The number of nitrogens with zero attached hydrogens (tertiary/aromatic N) is 1. The fourth-order valence-corrected chi connectivity index (χ4v) is 4.74. The normalized spacial score (nSPS) is 20.0. The van der Waals surface area contributed by atoms with Crippen molar-refractivity contribution in [2.45, 2.75) is 32.1 Å². The van der Waals surface area contributed by atoms with Crippen molar-refractivity contribution in [1.82, 2.24) is 9.55 Å². The maximum Gasteiger partial charge on any atom is 0.490 e. The van der Waals surface area contributed by atoms with Gasteiger partial charge >= 0.3 is 29.2 Å². The van der Waals surface area contributed by atoms with Gasteiger partial charge in [-0.2, -0.15) is 8.62 Å². The molecule has 0 bridgehead atoms. The number of H-pyrrole nitrogens is 1. The zero-order valence-corrected chi connectivity index (χ0v) is 17.8. The maximum absolute atomic E-state index is 11.6. The summed E-state index contributed by atoms with van der Waals surface area (Å²) in [5.41, 5.74) is -0.349. The molecule has 20 heteroatoms. The Labute approximate surface area is 167 Å². The number of nitrogens with two attached hydrogens (primary N) is 1. The molecule has 0 saturated carbocycles. The molecule has 1 aliphatic heterocycles. The van der Waals surface area contributed by atoms with Crippen LogP contribution in [0.3, 0.4) is 0 Å². The van der Waals surface area contributed by atoms with E-state index in [2.05, 4.69) is 18.4 Å². The summed E-state index contributed by atoms with van der Waals surface area (Å²) in [5, 5.41) is 0. The van der Waals surface area contributed by atoms with Gasteiger partial charge in [-0.1, -0.05) is 0 Å². The van der Waals surface area contributed by atoms with Gasteiger partial charge in [0.2, 0.25) is 0 Å². The summed E-state index contributed by atoms with van der Waals surface area (Å²) in [4.78, 5) is 69.8. The SMILES string of the molecule is Cc1cn([C@H]2CC[C@@H](CON)O2)c(=O)[nH]c1=O.O=P(O)(O)OP(=O)(O)OP(=O)(O)O. The van der Waals surface area contributed by atoms with Crippen LogP contribution in [0.15, 0.2) is 15.8 Å². The lowest BCUT2D eigenvalue weighted by Gasteiger charge is -2.15. The molecule has 2 rings (SSSR count). The first-order valence-corrected chi connectivity index (χ1v) is 12.2. The molecule has 1 saturated heterocycles. The summed E-state index contributed by atoms with van der Waals surface area (Å²) >= 11 is 0. The van der Waals surface area contributed by atoms with Gasteiger partial charge in [0.15, 0.2) is 0 Å². The van der Waals surface area contributed by atoms with Crippen LogP contribution in [-0.2, 0) is 31.9 Å². The van der Waals surface area contributed by atoms with Gasteiger partial charge in [0.1, 0.15) is 6.23 Å². The predicted octanol–water partition coefficient (Wildman–Crippen LogP) is -1.28. The zero-order chi connectivity index (χ0) is 23.3. The number of hydrogen-bond donors (Lipinski definition) is 7. The highest BCUT2D eigenvalue weighted by molar-refractivity contribution is 7.66. The molecular formula is C10H20N3O14P3. The second-order valence-electron chi connectivity index (χ2n) is 5.72. The molecule has 1 aliphatic rings. The van der Waals surface area contributed by atoms with Crippen LogP contribution in [-0.4, -0.2) is 46.7 Å². The molecule has 17 nitrogen and oxygen atoms in total. The molecule has 1 aromatic rings. The molecule has 0 radical (unpaired) electrons. The first kappa shape index (κ1) is 27.0. The van der Waals surface area contributed by atoms with E-state index in [1.807, 2.05) is 0 Å². The van der Waals surface area contributed by atoms with E-state index in [4.69, 9.17) is 35.1 Å². The molecular weight excluding hydrogens is 479 g/mol. The number of ether oxygens (including phenoxy) is 1. The van der Waals surface area contributed by atoms with Crippen LogP contribution in [0, 0.1) is 6.92 Å². The highest BCUT2D eigenvalue weighted by Crippen LogP contribution is 2.64. The molecule has 0 unspecified atom stereocenters. The topological polar surface area (TPSA) is 270 Å². The smallest absolute Gasteiger partial charge is 0.352 e. The summed E-state index contributed by atoms with van der Waals surface area (Å²) in [6.45, 7) is 1.94. The van der Waals surface area contributed by atoms with Gasteiger partial charge < -0.3 is 34.0 Å². The third-order valence-corrected chi connectivity index (χ3v) is 6.60. The third-order valence-electron chi connectivity index (χ3n) is 3.24. The first-order chi connectivity index (χ1) is 13.5. The van der Waals surface area contributed by atoms with Crippen molar-refractivity contribution in [3.8, 4) is 0 Å². The number of rotatable bonds is 7. The molecule has 0 aromatic carbocycles. The Morgan fingerprint density at radius 2 is 1.67 bits per heavy atom. The zero-order valence-electron chi connectivity index (χ0n) is 15.1. The summed E-state index contributed by atoms with van der Waals surface area (Å²) in [6, 6.07) is 0. The summed E-state index contributed by atoms with van der Waals surface area (Å²) in [7, 11) is -16.2. The molecule has 0 amide bonds. The van der Waals surface area contributed by atoms with Crippen molar-refractivity contribution in [3.05, 3.63) is 32.6 Å². The molecule has 8 N–H and O–H groups in total. The minimum Gasteiger partial charge on any atom is -0.352 e. The highest BCUT2D eigenvalue weighted by atomic mass is 31.3. The summed E-state index contributed by atoms with van der Waals surface area (Å²) < 4.78 is 43.4. The standard InChI is InChI=1S/C10H15N3O4.H5O10P3/c1-6-4-13(10(15)12-9(6)14)8-3-2-7(17-8)5-16-11;1-11(2,3)9-13(7,8)10-12(4,5)6/h4,7-8H,2-3,5,11H2,1H3,(H,12,14,15);(H,7,8)(H2,1,2,3)(H2,4,5,6)/t7-,8+;/m0./s1. The van der Waals surface area contributed by atoms with E-state index in [9.17, 15) is 23.3 Å². The van der Waals surface area contributed by atoms with Crippen molar-refractivity contribution in [3.63, 3.8) is 0 Å². The largest absolute Gasteiger partial charge is 0.490 e. The molecule has 2 heterocycles. The third kappa shape index (κ3) is 9.85. The lowest BCUT2D eigenvalue weighted by atomic mass is 10.2. The van der Waals surface area contributed by atoms with Crippen molar-refractivity contribution in [1.29, 1.82) is 0 Å².